The zero-order valence-electron chi connectivity index (χ0n) is 16.0. The Hall–Kier alpha value is -3.01. The van der Waals surface area contributed by atoms with Gasteiger partial charge in [-0.15, -0.1) is 10.2 Å². The van der Waals surface area contributed by atoms with Crippen LogP contribution >= 0.6 is 9.24 Å². The molecule has 0 bridgehead atoms. The largest absolute Gasteiger partial charge is 0.480 e. The summed E-state index contributed by atoms with van der Waals surface area (Å²) < 4.78 is 47.0. The molecule has 9 nitrogen and oxygen atoms in total. The number of rotatable bonds is 3. The number of ether oxygens (including phenoxy) is 1. The Balaban J connectivity index is 1.60. The lowest BCUT2D eigenvalue weighted by molar-refractivity contribution is -0.148. The Morgan fingerprint density at radius 1 is 1.27 bits per heavy atom. The van der Waals surface area contributed by atoms with Crippen LogP contribution in [0, 0.1) is 0 Å². The van der Waals surface area contributed by atoms with E-state index in [1.165, 1.54) is 24.4 Å². The van der Waals surface area contributed by atoms with Crippen molar-refractivity contribution in [2.45, 2.75) is 19.3 Å². The Morgan fingerprint density at radius 3 is 2.73 bits per heavy atom. The highest BCUT2D eigenvalue weighted by Crippen LogP contribution is 2.30. The second kappa shape index (κ2) is 7.35. The van der Waals surface area contributed by atoms with Gasteiger partial charge in [-0.2, -0.15) is 13.2 Å². The Labute approximate surface area is 170 Å². The molecular formula is C17H17F3N7O2P. The standard InChI is InChI=1S/C17H17F3N7O2P/c1-25-13-12(14(29-2)22-8-21-13)9(15(25)30)3-4-11(28)26-5-6-27-10(7-26)23-24-16(27)17(18,19)20/h3-4,8H,5-7,30H2,1-2H3/b4-3+. The average Bonchev–Trinajstić information content (AvgIpc) is 3.25. The van der Waals surface area contributed by atoms with Gasteiger partial charge in [0.25, 0.3) is 0 Å². The normalized spacial score (nSPS) is 14.5. The first kappa shape index (κ1) is 20.3. The zero-order valence-corrected chi connectivity index (χ0v) is 17.2. The molecule has 0 saturated heterocycles. The maximum atomic E-state index is 13.0. The second-order valence-corrected chi connectivity index (χ2v) is 7.17. The minimum absolute atomic E-state index is 0.0262. The molecule has 3 aromatic heterocycles. The molecule has 0 N–H and O–H groups in total. The Kier molecular flexibility index (Phi) is 4.97. The predicted molar refractivity (Wildman–Crippen MR) is 104 cm³/mol. The highest BCUT2D eigenvalue weighted by atomic mass is 31.0. The number of halogens is 3. The molecule has 0 saturated carbocycles. The number of nitrogens with zero attached hydrogens (tertiary/aromatic N) is 7. The lowest BCUT2D eigenvalue weighted by Gasteiger charge is -2.27. The summed E-state index contributed by atoms with van der Waals surface area (Å²) in [5, 5.41) is 7.47. The molecule has 1 amide bonds. The van der Waals surface area contributed by atoms with E-state index < -0.39 is 12.0 Å². The van der Waals surface area contributed by atoms with Crippen LogP contribution in [0.15, 0.2) is 12.4 Å². The van der Waals surface area contributed by atoms with E-state index in [4.69, 9.17) is 4.74 Å². The second-order valence-electron chi connectivity index (χ2n) is 6.62. The number of hydrogen-bond acceptors (Lipinski definition) is 6. The lowest BCUT2D eigenvalue weighted by Crippen LogP contribution is -2.38. The van der Waals surface area contributed by atoms with Crippen molar-refractivity contribution in [3.8, 4) is 5.88 Å². The number of alkyl halides is 3. The van der Waals surface area contributed by atoms with Gasteiger partial charge < -0.3 is 18.8 Å². The van der Waals surface area contributed by atoms with Crippen LogP contribution in [0.25, 0.3) is 17.1 Å². The summed E-state index contributed by atoms with van der Waals surface area (Å²) in [6.07, 6.45) is -0.199. The third-order valence-corrected chi connectivity index (χ3v) is 5.62. The highest BCUT2D eigenvalue weighted by Gasteiger charge is 2.39. The fourth-order valence-corrected chi connectivity index (χ4v) is 3.78. The Bertz CT molecular complexity index is 1170. The quantitative estimate of drug-likeness (QED) is 0.449. The third-order valence-electron chi connectivity index (χ3n) is 4.92. The summed E-state index contributed by atoms with van der Waals surface area (Å²) in [6, 6.07) is 0. The van der Waals surface area contributed by atoms with Crippen LogP contribution in [0.4, 0.5) is 13.2 Å². The number of aryl methyl sites for hydroxylation is 1. The number of hydrogen-bond donors (Lipinski definition) is 0. The maximum Gasteiger partial charge on any atom is 0.451 e. The van der Waals surface area contributed by atoms with Gasteiger partial charge in [-0.3, -0.25) is 4.79 Å². The van der Waals surface area contributed by atoms with Gasteiger partial charge in [-0.1, -0.05) is 9.24 Å². The highest BCUT2D eigenvalue weighted by molar-refractivity contribution is 7.27. The van der Waals surface area contributed by atoms with Crippen LogP contribution in [-0.4, -0.2) is 53.8 Å². The van der Waals surface area contributed by atoms with Crippen molar-refractivity contribution in [3.63, 3.8) is 0 Å². The number of amides is 1. The number of fused-ring (bicyclic) bond motifs is 2. The summed E-state index contributed by atoms with van der Waals surface area (Å²) in [5.74, 6) is -0.921. The molecule has 1 unspecified atom stereocenters. The monoisotopic (exact) mass is 439 g/mol. The molecule has 0 spiro atoms. The zero-order chi connectivity index (χ0) is 21.6. The topological polar surface area (TPSA) is 91.0 Å². The van der Waals surface area contributed by atoms with Crippen LogP contribution in [0.1, 0.15) is 17.2 Å². The maximum absolute atomic E-state index is 13.0. The van der Waals surface area contributed by atoms with Crippen LogP contribution in [0.2, 0.25) is 0 Å². The van der Waals surface area contributed by atoms with Gasteiger partial charge in [0.2, 0.25) is 17.6 Å². The van der Waals surface area contributed by atoms with E-state index in [9.17, 15) is 18.0 Å². The molecule has 30 heavy (non-hydrogen) atoms. The van der Waals surface area contributed by atoms with Gasteiger partial charge in [-0.25, -0.2) is 9.97 Å². The SMILES string of the molecule is COc1ncnc2c1c(/C=C/C(=O)N1CCn3c(nnc3C(F)(F)F)C1)c(P)n2C. The number of aromatic nitrogens is 6. The van der Waals surface area contributed by atoms with Gasteiger partial charge in [0.1, 0.15) is 12.0 Å². The van der Waals surface area contributed by atoms with Gasteiger partial charge in [0.15, 0.2) is 5.82 Å². The summed E-state index contributed by atoms with van der Waals surface area (Å²) in [5.41, 5.74) is 2.12. The molecule has 1 aliphatic rings. The van der Waals surface area contributed by atoms with E-state index in [2.05, 4.69) is 29.4 Å². The molecular weight excluding hydrogens is 422 g/mol. The molecule has 0 fully saturated rings. The van der Waals surface area contributed by atoms with Gasteiger partial charge in [-0.05, 0) is 6.08 Å². The minimum Gasteiger partial charge on any atom is -0.480 e. The molecule has 4 rings (SSSR count). The van der Waals surface area contributed by atoms with Gasteiger partial charge in [0, 0.05) is 37.2 Å². The first-order valence-electron chi connectivity index (χ1n) is 8.81. The summed E-state index contributed by atoms with van der Waals surface area (Å²) in [7, 11) is 5.91. The summed E-state index contributed by atoms with van der Waals surface area (Å²) in [4.78, 5) is 22.5. The van der Waals surface area contributed by atoms with Gasteiger partial charge >= 0.3 is 6.18 Å². The Morgan fingerprint density at radius 2 is 2.03 bits per heavy atom. The molecule has 3 aromatic rings. The molecule has 158 valence electrons. The van der Waals surface area contributed by atoms with E-state index in [1.807, 2.05) is 11.6 Å². The molecule has 4 heterocycles. The summed E-state index contributed by atoms with van der Waals surface area (Å²) >= 11 is 0. The predicted octanol–water partition coefficient (Wildman–Crippen LogP) is 1.14. The van der Waals surface area contributed by atoms with Crippen molar-refractivity contribution in [1.29, 1.82) is 0 Å². The van der Waals surface area contributed by atoms with E-state index in [0.717, 1.165) is 10.0 Å². The van der Waals surface area contributed by atoms with Crippen LogP contribution in [0.3, 0.4) is 0 Å². The number of carbonyl (C=O) groups is 1. The molecule has 13 heteroatoms. The molecule has 0 aromatic carbocycles. The third kappa shape index (κ3) is 3.30. The van der Waals surface area contributed by atoms with Crippen molar-refractivity contribution in [2.24, 2.45) is 7.05 Å². The van der Waals surface area contributed by atoms with Crippen molar-refractivity contribution >= 4 is 37.7 Å². The van der Waals surface area contributed by atoms with E-state index in [-0.39, 0.29) is 31.4 Å². The van der Waals surface area contributed by atoms with Crippen molar-refractivity contribution in [3.05, 3.63) is 29.6 Å². The smallest absolute Gasteiger partial charge is 0.451 e. The van der Waals surface area contributed by atoms with E-state index in [0.29, 0.717) is 22.5 Å². The van der Waals surface area contributed by atoms with Crippen LogP contribution in [-0.2, 0) is 31.1 Å². The van der Waals surface area contributed by atoms with E-state index in [1.54, 1.807) is 6.08 Å². The fourth-order valence-electron chi connectivity index (χ4n) is 3.41. The van der Waals surface area contributed by atoms with E-state index >= 15 is 0 Å². The molecule has 0 radical (unpaired) electrons. The first-order chi connectivity index (χ1) is 14.2. The lowest BCUT2D eigenvalue weighted by atomic mass is 10.2. The van der Waals surface area contributed by atoms with Crippen molar-refractivity contribution in [1.82, 2.24) is 34.2 Å². The number of carbonyl (C=O) groups excluding carboxylic acids is 1. The molecule has 1 atom stereocenters. The van der Waals surface area contributed by atoms with Crippen LogP contribution in [0.5, 0.6) is 5.88 Å². The summed E-state index contributed by atoms with van der Waals surface area (Å²) in [6.45, 7) is 0.0382. The minimum atomic E-state index is -4.58. The van der Waals surface area contributed by atoms with Gasteiger partial charge in [0.05, 0.1) is 19.0 Å². The van der Waals surface area contributed by atoms with Crippen molar-refractivity contribution in [2.75, 3.05) is 13.7 Å². The average molecular weight is 439 g/mol. The first-order valence-corrected chi connectivity index (χ1v) is 9.39. The molecule has 0 aliphatic carbocycles. The molecule has 1 aliphatic heterocycles. The number of methoxy groups -OCH3 is 1. The van der Waals surface area contributed by atoms with Crippen LogP contribution < -0.4 is 10.2 Å². The van der Waals surface area contributed by atoms with Crippen molar-refractivity contribution < 1.29 is 22.7 Å². The fraction of sp³-hybridized carbons (Fsp3) is 0.353.